The maximum absolute atomic E-state index is 9.56. The number of hydrogen-bond donors (Lipinski definition) is 0. The molecule has 70 heavy (non-hydrogen) atoms. The molecular weight excluding hydrogens is 855 g/mol. The van der Waals surface area contributed by atoms with E-state index in [2.05, 4.69) is 94.1 Å². The van der Waals surface area contributed by atoms with Gasteiger partial charge in [-0.2, -0.15) is 15.0 Å². The zero-order chi connectivity index (χ0) is 52.8. The number of nitrogens with zero attached hydrogens (tertiary/aromatic N) is 7. The molecule has 0 N–H and O–H groups in total. The third-order valence-electron chi connectivity index (χ3n) is 13.7. The number of fused-ring (bicyclic) bond motifs is 12. The lowest BCUT2D eigenvalue weighted by Gasteiger charge is -2.20. The molecule has 0 aliphatic carbocycles. The van der Waals surface area contributed by atoms with E-state index in [4.69, 9.17) is 20.4 Å². The van der Waals surface area contributed by atoms with Crippen molar-refractivity contribution in [3.63, 3.8) is 0 Å². The van der Waals surface area contributed by atoms with Crippen molar-refractivity contribution in [2.75, 3.05) is 0 Å². The summed E-state index contributed by atoms with van der Waals surface area (Å²) in [6, 6.07) is 59.5. The zero-order valence-electron chi connectivity index (χ0n) is 45.0. The Hall–Kier alpha value is -9.59. The van der Waals surface area contributed by atoms with E-state index in [9.17, 15) is 5.48 Å². The number of benzene rings is 10. The first-order valence-corrected chi connectivity index (χ1v) is 23.1. The van der Waals surface area contributed by atoms with Crippen molar-refractivity contribution in [3.05, 3.63) is 236 Å². The van der Waals surface area contributed by atoms with Crippen LogP contribution in [0.1, 0.15) is 11.0 Å². The summed E-state index contributed by atoms with van der Waals surface area (Å²) in [5.74, 6) is 0.204. The van der Waals surface area contributed by atoms with Gasteiger partial charge in [0, 0.05) is 54.3 Å². The molecule has 0 aliphatic rings. The lowest BCUT2D eigenvalue weighted by atomic mass is 9.95. The molecule has 0 fully saturated rings. The molecule has 7 nitrogen and oxygen atoms in total. The van der Waals surface area contributed by atoms with Gasteiger partial charge in [-0.25, -0.2) is 0 Å². The highest BCUT2D eigenvalue weighted by molar-refractivity contribution is 6.16. The van der Waals surface area contributed by atoms with Crippen molar-refractivity contribution in [3.8, 4) is 45.8 Å². The minimum absolute atomic E-state index is 0.0878. The third-order valence-corrected chi connectivity index (χ3v) is 13.7. The van der Waals surface area contributed by atoms with E-state index in [1.54, 1.807) is 0 Å². The van der Waals surface area contributed by atoms with Crippen molar-refractivity contribution in [1.29, 1.82) is 0 Å². The highest BCUT2D eigenvalue weighted by atomic mass is 15.3. The second-order valence-electron chi connectivity index (χ2n) is 17.4. The van der Waals surface area contributed by atoms with Crippen molar-refractivity contribution >= 4 is 87.2 Å². The normalized spacial score (nSPS) is 13.6. The number of hydrogen-bond acceptors (Lipinski definition) is 3. The summed E-state index contributed by atoms with van der Waals surface area (Å²) in [6.07, 6.45) is 0. The van der Waals surface area contributed by atoms with E-state index < -0.39 is 48.3 Å². The van der Waals surface area contributed by atoms with Crippen LogP contribution in [-0.2, 0) is 0 Å². The maximum Gasteiger partial charge on any atom is 0.240 e. The van der Waals surface area contributed by atoms with Gasteiger partial charge in [-0.05, 0) is 66.2 Å². The summed E-state index contributed by atoms with van der Waals surface area (Å²) in [7, 11) is 0. The molecule has 5 aromatic heterocycles. The maximum atomic E-state index is 9.56. The Bertz CT molecular complexity index is 4910. The van der Waals surface area contributed by atoms with E-state index in [-0.39, 0.29) is 39.5 Å². The first-order valence-electron chi connectivity index (χ1n) is 27.1. The van der Waals surface area contributed by atoms with Gasteiger partial charge in [-0.3, -0.25) is 9.13 Å². The minimum atomic E-state index is -0.551. The Morgan fingerprint density at radius 2 is 0.714 bits per heavy atom. The molecule has 326 valence electrons. The van der Waals surface area contributed by atoms with E-state index in [1.165, 1.54) is 4.57 Å². The predicted octanol–water partition coefficient (Wildman–Crippen LogP) is 15.6. The topological polar surface area (TPSA) is 58.4 Å². The van der Waals surface area contributed by atoms with Crippen molar-refractivity contribution in [2.24, 2.45) is 0 Å². The molecule has 0 saturated heterocycles. The largest absolute Gasteiger partial charge is 0.309 e. The molecule has 15 rings (SSSR count). The third kappa shape index (κ3) is 5.48. The van der Waals surface area contributed by atoms with Crippen molar-refractivity contribution in [2.45, 2.75) is 0 Å². The van der Waals surface area contributed by atoms with Gasteiger partial charge in [0.2, 0.25) is 11.9 Å². The van der Waals surface area contributed by atoms with Gasteiger partial charge in [0.05, 0.1) is 66.4 Å². The van der Waals surface area contributed by atoms with Crippen LogP contribution in [0.5, 0.6) is 0 Å². The van der Waals surface area contributed by atoms with Gasteiger partial charge < -0.3 is 9.13 Å². The summed E-state index contributed by atoms with van der Waals surface area (Å²) in [4.78, 5) is 16.4. The lowest BCUT2D eigenvalue weighted by Crippen LogP contribution is -2.11. The molecule has 0 bridgehead atoms. The molecule has 15 aromatic rings. The quantitative estimate of drug-likeness (QED) is 0.167. The SMILES string of the molecule is [2H]c1c([2H])c([2H])c2c(c1[2H])c1c([2H])c([2H])c([2H])c([2H])c1n2-c1nc(-c2c(-c3cccc4c5ccccc5n(-c5ccccc5)c34)cccc2-n2c3ccccc3c3ccccc32)nc(-n2c3ccccc3c3ccccc32)n1. The Balaban J connectivity index is 1.17. The fraction of sp³-hybridized carbons (Fsp3) is 0. The summed E-state index contributed by atoms with van der Waals surface area (Å²) < 4.78 is 81.3. The molecule has 5 heterocycles. The second kappa shape index (κ2) is 15.0. The van der Waals surface area contributed by atoms with Crippen LogP contribution < -0.4 is 0 Å². The van der Waals surface area contributed by atoms with Gasteiger partial charge in [-0.15, -0.1) is 0 Å². The molecular formula is C63H39N7. The monoisotopic (exact) mass is 901 g/mol. The average Bonchev–Trinajstić information content (AvgIpc) is 4.31. The highest BCUT2D eigenvalue weighted by Crippen LogP contribution is 2.45. The Kier molecular flexibility index (Phi) is 6.71. The van der Waals surface area contributed by atoms with Crippen molar-refractivity contribution in [1.82, 2.24) is 33.2 Å². The summed E-state index contributed by atoms with van der Waals surface area (Å²) in [6.45, 7) is 0. The van der Waals surface area contributed by atoms with Crippen LogP contribution in [-0.4, -0.2) is 33.2 Å². The van der Waals surface area contributed by atoms with E-state index in [0.717, 1.165) is 87.9 Å². The summed E-state index contributed by atoms with van der Waals surface area (Å²) in [5.41, 5.74) is 9.07. The average molecular weight is 902 g/mol. The van der Waals surface area contributed by atoms with Crippen molar-refractivity contribution < 1.29 is 11.0 Å². The van der Waals surface area contributed by atoms with Crippen LogP contribution in [0.3, 0.4) is 0 Å². The Labute approximate surface area is 412 Å². The fourth-order valence-electron chi connectivity index (χ4n) is 10.9. The molecule has 0 radical (unpaired) electrons. The molecule has 0 aliphatic heterocycles. The number of aromatic nitrogens is 7. The Morgan fingerprint density at radius 3 is 1.27 bits per heavy atom. The standard InChI is InChI=1S/C63H39N7/c1-2-20-40(21-3-1)67-51-32-11-10-28-47(51)49-30-18-31-50(60(49)67)48-29-19-39-58(68-52-33-12-4-22-41(52)42-23-5-13-34-53(42)68)59(48)61-64-62(69-54-35-14-6-24-43(54)44-25-7-15-36-55(44)69)66-63(65-61)70-56-37-16-8-26-45(56)46-27-9-17-38-57(46)70/h1-39H/i6D,7D,14D,15D,24D,25D,35D,36D. The molecule has 10 aromatic carbocycles. The molecule has 0 atom stereocenters. The number of para-hydroxylation sites is 9. The predicted molar refractivity (Wildman–Crippen MR) is 288 cm³/mol. The van der Waals surface area contributed by atoms with E-state index >= 15 is 0 Å². The van der Waals surface area contributed by atoms with Gasteiger partial charge in [0.25, 0.3) is 0 Å². The van der Waals surface area contributed by atoms with Crippen LogP contribution in [0.25, 0.3) is 133 Å². The minimum Gasteiger partial charge on any atom is -0.309 e. The van der Waals surface area contributed by atoms with E-state index in [0.29, 0.717) is 5.56 Å². The molecule has 0 saturated carbocycles. The van der Waals surface area contributed by atoms with Gasteiger partial charge in [-0.1, -0.05) is 176 Å². The summed E-state index contributed by atoms with van der Waals surface area (Å²) >= 11 is 0. The van der Waals surface area contributed by atoms with Crippen LogP contribution in [0, 0.1) is 0 Å². The zero-order valence-corrected chi connectivity index (χ0v) is 37.0. The molecule has 7 heteroatoms. The van der Waals surface area contributed by atoms with Crippen LogP contribution in [0.4, 0.5) is 0 Å². The van der Waals surface area contributed by atoms with Gasteiger partial charge in [0.1, 0.15) is 0 Å². The first kappa shape index (κ1) is 31.4. The molecule has 0 amide bonds. The molecule has 0 spiro atoms. The number of rotatable bonds is 6. The Morgan fingerprint density at radius 1 is 0.300 bits per heavy atom. The highest BCUT2D eigenvalue weighted by Gasteiger charge is 2.27. The lowest BCUT2D eigenvalue weighted by molar-refractivity contribution is 0.892. The van der Waals surface area contributed by atoms with Gasteiger partial charge in [0.15, 0.2) is 5.82 Å². The van der Waals surface area contributed by atoms with E-state index in [1.807, 2.05) is 108 Å². The first-order chi connectivity index (χ1) is 38.1. The second-order valence-corrected chi connectivity index (χ2v) is 17.4. The van der Waals surface area contributed by atoms with Gasteiger partial charge >= 0.3 is 0 Å². The van der Waals surface area contributed by atoms with Crippen LogP contribution in [0.2, 0.25) is 0 Å². The smallest absolute Gasteiger partial charge is 0.240 e. The van der Waals surface area contributed by atoms with Crippen LogP contribution >= 0.6 is 0 Å². The summed E-state index contributed by atoms with van der Waals surface area (Å²) in [5, 5.41) is 5.85. The molecule has 0 unspecified atom stereocenters. The fourth-order valence-corrected chi connectivity index (χ4v) is 10.9. The van der Waals surface area contributed by atoms with Crippen LogP contribution in [0.15, 0.2) is 236 Å².